The van der Waals surface area contributed by atoms with Crippen LogP contribution in [0.1, 0.15) is 24.1 Å². The number of phenolic OH excluding ortho intramolecular Hbond substituents is 1. The summed E-state index contributed by atoms with van der Waals surface area (Å²) in [6, 6.07) is 11.2. The third kappa shape index (κ3) is 3.23. The summed E-state index contributed by atoms with van der Waals surface area (Å²) in [5.74, 6) is -0.533. The van der Waals surface area contributed by atoms with Crippen LogP contribution in [0.25, 0.3) is 0 Å². The monoisotopic (exact) mass is 261 g/mol. The highest BCUT2D eigenvalue weighted by atomic mass is 19.1. The van der Waals surface area contributed by atoms with Crippen molar-refractivity contribution in [1.82, 2.24) is 0 Å². The van der Waals surface area contributed by atoms with Gasteiger partial charge in [-0.15, -0.1) is 0 Å². The van der Waals surface area contributed by atoms with Gasteiger partial charge >= 0.3 is 0 Å². The Morgan fingerprint density at radius 1 is 1.21 bits per heavy atom. The third-order valence-electron chi connectivity index (χ3n) is 2.95. The van der Waals surface area contributed by atoms with Gasteiger partial charge in [0.05, 0.1) is 12.6 Å². The molecule has 3 N–H and O–H groups in total. The first-order chi connectivity index (χ1) is 9.10. The van der Waals surface area contributed by atoms with Gasteiger partial charge in [-0.25, -0.2) is 4.39 Å². The molecule has 1 atom stereocenters. The van der Waals surface area contributed by atoms with Crippen molar-refractivity contribution in [3.05, 3.63) is 59.4 Å². The Morgan fingerprint density at radius 3 is 2.68 bits per heavy atom. The van der Waals surface area contributed by atoms with E-state index in [1.54, 1.807) is 6.07 Å². The zero-order valence-corrected chi connectivity index (χ0v) is 10.6. The van der Waals surface area contributed by atoms with E-state index >= 15 is 0 Å². The second-order valence-corrected chi connectivity index (χ2v) is 4.43. The van der Waals surface area contributed by atoms with Crippen LogP contribution in [0.15, 0.2) is 42.5 Å². The predicted molar refractivity (Wildman–Crippen MR) is 72.5 cm³/mol. The summed E-state index contributed by atoms with van der Waals surface area (Å²) >= 11 is 0. The molecule has 0 spiro atoms. The molecule has 100 valence electrons. The second kappa shape index (κ2) is 5.71. The molecular formula is C15H16FNO2. The van der Waals surface area contributed by atoms with Gasteiger partial charge < -0.3 is 15.5 Å². The van der Waals surface area contributed by atoms with Crippen molar-refractivity contribution in [3.8, 4) is 5.75 Å². The minimum atomic E-state index is -0.462. The molecule has 0 aliphatic heterocycles. The number of aliphatic hydroxyl groups is 1. The Kier molecular flexibility index (Phi) is 4.02. The van der Waals surface area contributed by atoms with E-state index in [2.05, 4.69) is 5.32 Å². The number of halogens is 1. The van der Waals surface area contributed by atoms with Gasteiger partial charge in [-0.2, -0.15) is 0 Å². The molecule has 0 saturated carbocycles. The van der Waals surface area contributed by atoms with E-state index in [4.69, 9.17) is 5.11 Å². The molecule has 0 bridgehead atoms. The molecule has 0 amide bonds. The Balaban J connectivity index is 2.17. The standard InChI is InChI=1S/C15H16FNO2/c1-10(14-6-5-12(16)8-15(14)19)17-13-4-2-3-11(7-13)9-18/h2-8,10,17-19H,9H2,1H3. The lowest BCUT2D eigenvalue weighted by molar-refractivity contribution is 0.282. The lowest BCUT2D eigenvalue weighted by Crippen LogP contribution is -2.07. The molecule has 1 unspecified atom stereocenters. The highest BCUT2D eigenvalue weighted by Gasteiger charge is 2.11. The molecule has 0 aliphatic rings. The molecule has 2 aromatic carbocycles. The van der Waals surface area contributed by atoms with Gasteiger partial charge in [0.25, 0.3) is 0 Å². The molecule has 0 heterocycles. The zero-order valence-electron chi connectivity index (χ0n) is 10.6. The van der Waals surface area contributed by atoms with Gasteiger partial charge in [0.1, 0.15) is 11.6 Å². The number of rotatable bonds is 4. The van der Waals surface area contributed by atoms with E-state index in [0.717, 1.165) is 17.3 Å². The number of benzene rings is 2. The van der Waals surface area contributed by atoms with Crippen LogP contribution in [0.5, 0.6) is 5.75 Å². The van der Waals surface area contributed by atoms with E-state index in [-0.39, 0.29) is 18.4 Å². The van der Waals surface area contributed by atoms with Crippen molar-refractivity contribution < 1.29 is 14.6 Å². The first-order valence-electron chi connectivity index (χ1n) is 6.05. The number of phenols is 1. The Morgan fingerprint density at radius 2 is 2.00 bits per heavy atom. The summed E-state index contributed by atoms with van der Waals surface area (Å²) in [4.78, 5) is 0. The molecule has 0 aliphatic carbocycles. The first-order valence-corrected chi connectivity index (χ1v) is 6.05. The average Bonchev–Trinajstić information content (AvgIpc) is 2.38. The summed E-state index contributed by atoms with van der Waals surface area (Å²) in [7, 11) is 0. The second-order valence-electron chi connectivity index (χ2n) is 4.43. The molecule has 0 radical (unpaired) electrons. The van der Waals surface area contributed by atoms with Gasteiger partial charge in [-0.1, -0.05) is 18.2 Å². The molecular weight excluding hydrogens is 245 g/mol. The summed E-state index contributed by atoms with van der Waals surface area (Å²) < 4.78 is 12.9. The molecule has 19 heavy (non-hydrogen) atoms. The molecule has 2 aromatic rings. The Bertz CT molecular complexity index is 572. The van der Waals surface area contributed by atoms with Gasteiger partial charge in [0.2, 0.25) is 0 Å². The van der Waals surface area contributed by atoms with Gasteiger partial charge in [-0.3, -0.25) is 0 Å². The molecule has 0 aromatic heterocycles. The molecule has 0 saturated heterocycles. The summed E-state index contributed by atoms with van der Waals surface area (Å²) in [6.07, 6.45) is 0. The number of hydrogen-bond acceptors (Lipinski definition) is 3. The maximum absolute atomic E-state index is 12.9. The average molecular weight is 261 g/mol. The normalized spacial score (nSPS) is 12.2. The first kappa shape index (κ1) is 13.4. The lowest BCUT2D eigenvalue weighted by Gasteiger charge is -2.17. The highest BCUT2D eigenvalue weighted by Crippen LogP contribution is 2.27. The van der Waals surface area contributed by atoms with Crippen LogP contribution in [0.3, 0.4) is 0 Å². The quantitative estimate of drug-likeness (QED) is 0.792. The van der Waals surface area contributed by atoms with Gasteiger partial charge in [0.15, 0.2) is 0 Å². The lowest BCUT2D eigenvalue weighted by atomic mass is 10.1. The van der Waals surface area contributed by atoms with Crippen LogP contribution < -0.4 is 5.32 Å². The van der Waals surface area contributed by atoms with E-state index in [1.807, 2.05) is 31.2 Å². The van der Waals surface area contributed by atoms with E-state index in [0.29, 0.717) is 5.56 Å². The topological polar surface area (TPSA) is 52.5 Å². The zero-order chi connectivity index (χ0) is 13.8. The number of anilines is 1. The van der Waals surface area contributed by atoms with Crippen LogP contribution in [-0.2, 0) is 6.61 Å². The minimum absolute atomic E-state index is 0.0221. The maximum atomic E-state index is 12.9. The Hall–Kier alpha value is -2.07. The minimum Gasteiger partial charge on any atom is -0.507 e. The third-order valence-corrected chi connectivity index (χ3v) is 2.95. The van der Waals surface area contributed by atoms with Crippen molar-refractivity contribution in [1.29, 1.82) is 0 Å². The van der Waals surface area contributed by atoms with Crippen molar-refractivity contribution in [2.45, 2.75) is 19.6 Å². The van der Waals surface area contributed by atoms with Crippen LogP contribution >= 0.6 is 0 Å². The SMILES string of the molecule is CC(Nc1cccc(CO)c1)c1ccc(F)cc1O. The number of nitrogens with one attached hydrogen (secondary N) is 1. The Labute approximate surface area is 111 Å². The fourth-order valence-electron chi connectivity index (χ4n) is 1.97. The highest BCUT2D eigenvalue weighted by molar-refractivity contribution is 5.49. The largest absolute Gasteiger partial charge is 0.507 e. The van der Waals surface area contributed by atoms with Crippen LogP contribution in [0.4, 0.5) is 10.1 Å². The summed E-state index contributed by atoms with van der Waals surface area (Å²) in [5, 5.41) is 22.0. The van der Waals surface area contributed by atoms with Crippen molar-refractivity contribution in [3.63, 3.8) is 0 Å². The summed E-state index contributed by atoms with van der Waals surface area (Å²) in [5.41, 5.74) is 2.26. The van der Waals surface area contributed by atoms with Crippen molar-refractivity contribution >= 4 is 5.69 Å². The van der Waals surface area contributed by atoms with E-state index in [9.17, 15) is 9.50 Å². The van der Waals surface area contributed by atoms with E-state index < -0.39 is 5.82 Å². The maximum Gasteiger partial charge on any atom is 0.126 e. The molecule has 2 rings (SSSR count). The smallest absolute Gasteiger partial charge is 0.126 e. The fraction of sp³-hybridized carbons (Fsp3) is 0.200. The number of aromatic hydroxyl groups is 1. The van der Waals surface area contributed by atoms with Gasteiger partial charge in [0, 0.05) is 17.3 Å². The van der Waals surface area contributed by atoms with Crippen LogP contribution in [0.2, 0.25) is 0 Å². The van der Waals surface area contributed by atoms with Gasteiger partial charge in [-0.05, 0) is 30.7 Å². The fourth-order valence-corrected chi connectivity index (χ4v) is 1.97. The number of hydrogen-bond donors (Lipinski definition) is 3. The number of aliphatic hydroxyl groups excluding tert-OH is 1. The molecule has 0 fully saturated rings. The van der Waals surface area contributed by atoms with Crippen LogP contribution in [-0.4, -0.2) is 10.2 Å². The summed E-state index contributed by atoms with van der Waals surface area (Å²) in [6.45, 7) is 1.85. The van der Waals surface area contributed by atoms with E-state index in [1.165, 1.54) is 6.07 Å². The predicted octanol–water partition coefficient (Wildman–Crippen LogP) is 3.20. The molecule has 3 nitrogen and oxygen atoms in total. The van der Waals surface area contributed by atoms with Crippen molar-refractivity contribution in [2.24, 2.45) is 0 Å². The molecule has 4 heteroatoms. The van der Waals surface area contributed by atoms with Crippen LogP contribution in [0, 0.1) is 5.82 Å². The van der Waals surface area contributed by atoms with Crippen molar-refractivity contribution in [2.75, 3.05) is 5.32 Å².